The van der Waals surface area contributed by atoms with E-state index in [9.17, 15) is 26.4 Å². The predicted octanol–water partition coefficient (Wildman–Crippen LogP) is 4.11. The number of aryl methyl sites for hydroxylation is 1. The number of benzene rings is 2. The second-order valence-corrected chi connectivity index (χ2v) is 11.5. The van der Waals surface area contributed by atoms with E-state index < -0.39 is 22.2 Å². The van der Waals surface area contributed by atoms with Crippen LogP contribution < -0.4 is 15.4 Å². The lowest BCUT2D eigenvalue weighted by molar-refractivity contribution is -0.192. The Bertz CT molecular complexity index is 1470. The first-order valence-electron chi connectivity index (χ1n) is 12.0. The summed E-state index contributed by atoms with van der Waals surface area (Å²) in [5.74, 6) is -2.76. The number of likely N-dealkylation sites (tertiary alicyclic amines) is 1. The van der Waals surface area contributed by atoms with Crippen molar-refractivity contribution in [3.8, 4) is 0 Å². The summed E-state index contributed by atoms with van der Waals surface area (Å²) in [7, 11) is -3.57. The van der Waals surface area contributed by atoms with Crippen molar-refractivity contribution in [2.24, 2.45) is 0 Å². The number of carbonyl (C=O) groups excluding carboxylic acids is 1. The van der Waals surface area contributed by atoms with Gasteiger partial charge in [0, 0.05) is 41.2 Å². The number of carboxylic acid groups (broad SMARTS) is 1. The molecule has 216 valence electrons. The highest BCUT2D eigenvalue weighted by atomic mass is 79.9. The monoisotopic (exact) mass is 645 g/mol. The summed E-state index contributed by atoms with van der Waals surface area (Å²) in [5, 5.41) is 13.8. The van der Waals surface area contributed by atoms with Crippen LogP contribution in [0.15, 0.2) is 64.0 Å². The van der Waals surface area contributed by atoms with E-state index >= 15 is 0 Å². The smallest absolute Gasteiger partial charge is 0.475 e. The number of sulfonamides is 1. The number of fused-ring (bicyclic) bond motifs is 1. The number of amides is 2. The van der Waals surface area contributed by atoms with E-state index in [-0.39, 0.29) is 17.0 Å². The van der Waals surface area contributed by atoms with Gasteiger partial charge < -0.3 is 15.7 Å². The van der Waals surface area contributed by atoms with Gasteiger partial charge in [-0.25, -0.2) is 22.7 Å². The number of alkyl halides is 3. The summed E-state index contributed by atoms with van der Waals surface area (Å²) in [4.78, 5) is 28.2. The lowest BCUT2D eigenvalue weighted by Gasteiger charge is -2.17. The van der Waals surface area contributed by atoms with Crippen molar-refractivity contribution in [2.45, 2.75) is 30.5 Å². The summed E-state index contributed by atoms with van der Waals surface area (Å²) in [6.45, 7) is 4.36. The Morgan fingerprint density at radius 2 is 1.85 bits per heavy atom. The molecule has 3 aromatic rings. The molecule has 4 N–H and O–H groups in total. The number of para-hydroxylation sites is 1. The van der Waals surface area contributed by atoms with Crippen LogP contribution in [0, 0.1) is 6.92 Å². The molecule has 0 spiro atoms. The molecule has 1 aromatic heterocycles. The van der Waals surface area contributed by atoms with Crippen molar-refractivity contribution in [3.05, 3.63) is 64.8 Å². The maximum atomic E-state index is 12.6. The molecule has 2 amide bonds. The molecule has 2 heterocycles. The van der Waals surface area contributed by atoms with Crippen LogP contribution in [-0.4, -0.2) is 73.8 Å². The second kappa shape index (κ2) is 13.4. The number of hydrogen-bond donors (Lipinski definition) is 4. The van der Waals surface area contributed by atoms with E-state index in [2.05, 4.69) is 41.2 Å². The summed E-state index contributed by atoms with van der Waals surface area (Å²) >= 11 is 3.31. The molecule has 15 heteroatoms. The second-order valence-electron chi connectivity index (χ2n) is 8.88. The van der Waals surface area contributed by atoms with Gasteiger partial charge in [0.05, 0.1) is 16.1 Å². The Balaban J connectivity index is 0.000000559. The van der Waals surface area contributed by atoms with Gasteiger partial charge in [-0.1, -0.05) is 40.2 Å². The Kier molecular flexibility index (Phi) is 10.5. The highest BCUT2D eigenvalue weighted by molar-refractivity contribution is 9.10. The number of urea groups is 1. The van der Waals surface area contributed by atoms with Gasteiger partial charge in [-0.15, -0.1) is 0 Å². The minimum absolute atomic E-state index is 0.158. The number of carboxylic acids is 1. The van der Waals surface area contributed by atoms with Crippen LogP contribution >= 0.6 is 15.9 Å². The van der Waals surface area contributed by atoms with Crippen molar-refractivity contribution in [3.63, 3.8) is 0 Å². The summed E-state index contributed by atoms with van der Waals surface area (Å²) in [6.07, 6.45) is -4.36. The van der Waals surface area contributed by atoms with E-state index in [0.717, 1.165) is 39.7 Å². The fourth-order valence-electron chi connectivity index (χ4n) is 3.96. The standard InChI is InChI=1S/C23H26BrN5O3S.C2HF3O2/c1-16-13-22(20-7-2-3-8-21(20)26-16)27-23(30)25-10-12-29-11-9-18(15-29)28-33(31,32)19-6-4-5-17(24)14-19;3-2(4,5)1(6)7/h2-8,13-14,18,28H,9-12,15H2,1H3,(H2,25,26,27,30);(H,6,7). The van der Waals surface area contributed by atoms with E-state index in [0.29, 0.717) is 19.6 Å². The molecule has 1 aliphatic heterocycles. The zero-order valence-electron chi connectivity index (χ0n) is 21.2. The van der Waals surface area contributed by atoms with Crippen LogP contribution in [0.25, 0.3) is 10.9 Å². The van der Waals surface area contributed by atoms with Gasteiger partial charge in [0.2, 0.25) is 10.0 Å². The molecular weight excluding hydrogens is 619 g/mol. The zero-order chi connectivity index (χ0) is 29.5. The van der Waals surface area contributed by atoms with Crippen LogP contribution in [0.1, 0.15) is 12.1 Å². The van der Waals surface area contributed by atoms with Gasteiger partial charge in [-0.05, 0) is 50.2 Å². The first-order valence-corrected chi connectivity index (χ1v) is 14.2. The fraction of sp³-hybridized carbons (Fsp3) is 0.320. The molecule has 1 fully saturated rings. The van der Waals surface area contributed by atoms with Gasteiger partial charge in [0.15, 0.2) is 0 Å². The first kappa shape index (κ1) is 31.3. The Morgan fingerprint density at radius 3 is 2.52 bits per heavy atom. The maximum Gasteiger partial charge on any atom is 0.490 e. The van der Waals surface area contributed by atoms with Gasteiger partial charge in [0.25, 0.3) is 0 Å². The van der Waals surface area contributed by atoms with Gasteiger partial charge in [0.1, 0.15) is 0 Å². The minimum Gasteiger partial charge on any atom is -0.475 e. The third-order valence-electron chi connectivity index (χ3n) is 5.75. The molecule has 0 saturated carbocycles. The predicted molar refractivity (Wildman–Crippen MR) is 147 cm³/mol. The van der Waals surface area contributed by atoms with Crippen LogP contribution in [0.5, 0.6) is 0 Å². The molecule has 1 saturated heterocycles. The van der Waals surface area contributed by atoms with Gasteiger partial charge >= 0.3 is 18.2 Å². The zero-order valence-corrected chi connectivity index (χ0v) is 23.6. The SMILES string of the molecule is Cc1cc(NC(=O)NCCN2CCC(NS(=O)(=O)c3cccc(Br)c3)C2)c2ccccc2n1.O=C(O)C(F)(F)F. The van der Waals surface area contributed by atoms with Crippen LogP contribution in [-0.2, 0) is 14.8 Å². The molecule has 1 atom stereocenters. The number of aliphatic carboxylic acids is 1. The number of aromatic nitrogens is 1. The van der Waals surface area contributed by atoms with Crippen molar-refractivity contribution in [1.29, 1.82) is 0 Å². The number of hydrogen-bond acceptors (Lipinski definition) is 6. The van der Waals surface area contributed by atoms with Gasteiger partial charge in [-0.2, -0.15) is 13.2 Å². The van der Waals surface area contributed by atoms with Crippen molar-refractivity contribution in [2.75, 3.05) is 31.5 Å². The Morgan fingerprint density at radius 1 is 1.15 bits per heavy atom. The number of nitrogens with one attached hydrogen (secondary N) is 3. The maximum absolute atomic E-state index is 12.6. The normalized spacial score (nSPS) is 15.8. The summed E-state index contributed by atoms with van der Waals surface area (Å²) in [5.41, 5.74) is 2.39. The topological polar surface area (TPSA) is 141 Å². The highest BCUT2D eigenvalue weighted by Gasteiger charge is 2.38. The van der Waals surface area contributed by atoms with Crippen LogP contribution in [0.2, 0.25) is 0 Å². The lowest BCUT2D eigenvalue weighted by Crippen LogP contribution is -2.39. The lowest BCUT2D eigenvalue weighted by atomic mass is 10.1. The van der Waals surface area contributed by atoms with Crippen molar-refractivity contribution < 1.29 is 36.3 Å². The number of pyridine rings is 1. The number of halogens is 4. The third kappa shape index (κ3) is 9.15. The Labute approximate surface area is 237 Å². The summed E-state index contributed by atoms with van der Waals surface area (Å²) in [6, 6.07) is 15.7. The molecule has 0 bridgehead atoms. The van der Waals surface area contributed by atoms with Gasteiger partial charge in [-0.3, -0.25) is 9.88 Å². The molecule has 10 nitrogen and oxygen atoms in total. The first-order chi connectivity index (χ1) is 18.7. The largest absolute Gasteiger partial charge is 0.490 e. The average molecular weight is 646 g/mol. The molecule has 1 unspecified atom stereocenters. The van der Waals surface area contributed by atoms with E-state index in [1.807, 2.05) is 37.3 Å². The fourth-order valence-corrected chi connectivity index (χ4v) is 5.82. The number of nitrogens with zero attached hydrogens (tertiary/aromatic N) is 2. The van der Waals surface area contributed by atoms with E-state index in [4.69, 9.17) is 9.90 Å². The van der Waals surface area contributed by atoms with Crippen LogP contribution in [0.3, 0.4) is 0 Å². The minimum atomic E-state index is -5.08. The quantitative estimate of drug-likeness (QED) is 0.303. The molecule has 0 aliphatic carbocycles. The molecule has 4 rings (SSSR count). The summed E-state index contributed by atoms with van der Waals surface area (Å²) < 4.78 is 60.5. The van der Waals surface area contributed by atoms with Crippen LogP contribution in [0.4, 0.5) is 23.7 Å². The number of anilines is 1. The number of carbonyl (C=O) groups is 2. The van der Waals surface area contributed by atoms with E-state index in [1.165, 1.54) is 0 Å². The Hall–Kier alpha value is -3.27. The molecular formula is C25H27BrF3N5O5S. The average Bonchev–Trinajstić information content (AvgIpc) is 3.30. The molecule has 40 heavy (non-hydrogen) atoms. The molecule has 2 aromatic carbocycles. The third-order valence-corrected chi connectivity index (χ3v) is 7.76. The molecule has 0 radical (unpaired) electrons. The number of rotatable bonds is 7. The highest BCUT2D eigenvalue weighted by Crippen LogP contribution is 2.23. The molecule has 1 aliphatic rings. The van der Waals surface area contributed by atoms with E-state index in [1.54, 1.807) is 24.3 Å². The van der Waals surface area contributed by atoms with Crippen molar-refractivity contribution in [1.82, 2.24) is 19.9 Å². The van der Waals surface area contributed by atoms with Crippen molar-refractivity contribution >= 4 is 54.5 Å².